The molecule has 0 amide bonds. The molecule has 0 unspecified atom stereocenters. The molecule has 0 aliphatic rings. The molecule has 0 heterocycles. The van der Waals surface area contributed by atoms with Gasteiger partial charge in [0.2, 0.25) is 0 Å². The van der Waals surface area contributed by atoms with Gasteiger partial charge in [0.15, 0.2) is 5.96 Å². The van der Waals surface area contributed by atoms with Gasteiger partial charge in [0.1, 0.15) is 0 Å². The Hall–Kier alpha value is -0.300. The highest BCUT2D eigenvalue weighted by atomic mass is 127. The highest BCUT2D eigenvalue weighted by molar-refractivity contribution is 14.0. The number of aryl methyl sites for hydroxylation is 1. The Labute approximate surface area is 141 Å². The summed E-state index contributed by atoms with van der Waals surface area (Å²) in [5.74, 6) is 0.895. The molecule has 0 aliphatic heterocycles. The maximum absolute atomic E-state index is 4.17. The van der Waals surface area contributed by atoms with E-state index < -0.39 is 0 Å². The molecule has 3 nitrogen and oxygen atoms in total. The van der Waals surface area contributed by atoms with Crippen LogP contribution < -0.4 is 10.6 Å². The number of hydrogen-bond donors (Lipinski definition) is 2. The van der Waals surface area contributed by atoms with E-state index in [2.05, 4.69) is 62.7 Å². The Morgan fingerprint density at radius 2 is 2.00 bits per heavy atom. The molecule has 19 heavy (non-hydrogen) atoms. The second-order valence-corrected chi connectivity index (χ2v) is 5.07. The van der Waals surface area contributed by atoms with Crippen LogP contribution in [0.15, 0.2) is 33.7 Å². The third-order valence-corrected chi connectivity index (χ3v) is 3.08. The van der Waals surface area contributed by atoms with Gasteiger partial charge in [0.25, 0.3) is 0 Å². The third-order valence-electron chi connectivity index (χ3n) is 2.59. The summed E-state index contributed by atoms with van der Waals surface area (Å²) in [4.78, 5) is 4.17. The zero-order valence-electron chi connectivity index (χ0n) is 11.6. The number of nitrogens with one attached hydrogen (secondary N) is 2. The highest BCUT2D eigenvalue weighted by Gasteiger charge is 1.97. The van der Waals surface area contributed by atoms with E-state index in [9.17, 15) is 0 Å². The van der Waals surface area contributed by atoms with Crippen molar-refractivity contribution in [3.05, 3.63) is 34.3 Å². The first kappa shape index (κ1) is 18.7. The van der Waals surface area contributed by atoms with Crippen molar-refractivity contribution in [3.63, 3.8) is 0 Å². The number of benzene rings is 1. The quantitative estimate of drug-likeness (QED) is 0.307. The lowest BCUT2D eigenvalue weighted by atomic mass is 10.1. The molecule has 0 saturated carbocycles. The van der Waals surface area contributed by atoms with Crippen molar-refractivity contribution in [2.24, 2.45) is 4.99 Å². The second-order valence-electron chi connectivity index (χ2n) is 4.16. The van der Waals surface area contributed by atoms with Crippen molar-refractivity contribution in [3.8, 4) is 0 Å². The van der Waals surface area contributed by atoms with Gasteiger partial charge in [-0.25, -0.2) is 0 Å². The highest BCUT2D eigenvalue weighted by Crippen LogP contribution is 2.12. The molecule has 1 aromatic carbocycles. The van der Waals surface area contributed by atoms with E-state index in [0.717, 1.165) is 42.8 Å². The fraction of sp³-hybridized carbons (Fsp3) is 0.500. The van der Waals surface area contributed by atoms with Crippen molar-refractivity contribution in [1.29, 1.82) is 0 Å². The van der Waals surface area contributed by atoms with Crippen molar-refractivity contribution >= 4 is 45.9 Å². The first-order valence-corrected chi connectivity index (χ1v) is 7.24. The molecule has 0 fully saturated rings. The van der Waals surface area contributed by atoms with Gasteiger partial charge in [-0.05, 0) is 37.0 Å². The zero-order valence-corrected chi connectivity index (χ0v) is 15.5. The SMILES string of the molecule is CCCNC(=NC)NCCCc1cccc(Br)c1.I. The minimum atomic E-state index is 0. The first-order chi connectivity index (χ1) is 8.76. The van der Waals surface area contributed by atoms with Crippen LogP contribution >= 0.6 is 39.9 Å². The largest absolute Gasteiger partial charge is 0.356 e. The van der Waals surface area contributed by atoms with E-state index in [1.54, 1.807) is 7.05 Å². The Kier molecular flexibility index (Phi) is 11.3. The number of hydrogen-bond acceptors (Lipinski definition) is 1. The predicted molar refractivity (Wildman–Crippen MR) is 97.5 cm³/mol. The average Bonchev–Trinajstić information content (AvgIpc) is 2.38. The van der Waals surface area contributed by atoms with Crippen LogP contribution in [0.1, 0.15) is 25.3 Å². The molecule has 2 N–H and O–H groups in total. The van der Waals surface area contributed by atoms with Gasteiger partial charge in [-0.1, -0.05) is 35.0 Å². The van der Waals surface area contributed by atoms with Crippen LogP contribution in [0.25, 0.3) is 0 Å². The van der Waals surface area contributed by atoms with E-state index >= 15 is 0 Å². The standard InChI is InChI=1S/C14H22BrN3.HI/c1-3-9-17-14(16-2)18-10-5-7-12-6-4-8-13(15)11-12;/h4,6,8,11H,3,5,7,9-10H2,1-2H3,(H2,16,17,18);1H. The second kappa shape index (κ2) is 11.5. The summed E-state index contributed by atoms with van der Waals surface area (Å²) in [7, 11) is 1.80. The molecule has 0 atom stereocenters. The lowest BCUT2D eigenvalue weighted by Crippen LogP contribution is -2.38. The minimum Gasteiger partial charge on any atom is -0.356 e. The van der Waals surface area contributed by atoms with Gasteiger partial charge in [-0.3, -0.25) is 4.99 Å². The summed E-state index contributed by atoms with van der Waals surface area (Å²) in [6.07, 6.45) is 3.29. The Bertz CT molecular complexity index is 383. The van der Waals surface area contributed by atoms with Crippen LogP contribution in [0.2, 0.25) is 0 Å². The van der Waals surface area contributed by atoms with Crippen LogP contribution in [-0.2, 0) is 6.42 Å². The van der Waals surface area contributed by atoms with Crippen molar-refractivity contribution < 1.29 is 0 Å². The third kappa shape index (κ3) is 8.47. The van der Waals surface area contributed by atoms with Gasteiger partial charge in [-0.2, -0.15) is 0 Å². The monoisotopic (exact) mass is 439 g/mol. The fourth-order valence-corrected chi connectivity index (χ4v) is 2.10. The molecule has 0 bridgehead atoms. The van der Waals surface area contributed by atoms with E-state index in [1.807, 2.05) is 0 Å². The van der Waals surface area contributed by atoms with Crippen molar-refractivity contribution in [2.75, 3.05) is 20.1 Å². The van der Waals surface area contributed by atoms with Gasteiger partial charge < -0.3 is 10.6 Å². The van der Waals surface area contributed by atoms with Crippen LogP contribution in [-0.4, -0.2) is 26.1 Å². The molecule has 5 heteroatoms. The Balaban J connectivity index is 0.00000324. The molecule has 0 saturated heterocycles. The summed E-state index contributed by atoms with van der Waals surface area (Å²) >= 11 is 3.49. The van der Waals surface area contributed by atoms with Crippen LogP contribution in [0, 0.1) is 0 Å². The predicted octanol–water partition coefficient (Wildman–Crippen LogP) is 3.57. The number of guanidine groups is 1. The Morgan fingerprint density at radius 1 is 1.26 bits per heavy atom. The van der Waals surface area contributed by atoms with E-state index in [4.69, 9.17) is 0 Å². The van der Waals surface area contributed by atoms with E-state index in [-0.39, 0.29) is 24.0 Å². The first-order valence-electron chi connectivity index (χ1n) is 6.45. The smallest absolute Gasteiger partial charge is 0.190 e. The summed E-state index contributed by atoms with van der Waals surface area (Å²) in [6.45, 7) is 4.05. The molecule has 0 aromatic heterocycles. The van der Waals surface area contributed by atoms with Crippen LogP contribution in [0.4, 0.5) is 0 Å². The van der Waals surface area contributed by atoms with Crippen LogP contribution in [0.3, 0.4) is 0 Å². The van der Waals surface area contributed by atoms with Crippen molar-refractivity contribution in [2.45, 2.75) is 26.2 Å². The molecular weight excluding hydrogens is 417 g/mol. The number of rotatable bonds is 6. The normalized spacial score (nSPS) is 10.8. The molecule has 108 valence electrons. The number of aliphatic imine (C=N–C) groups is 1. The van der Waals surface area contributed by atoms with Gasteiger partial charge in [0, 0.05) is 24.6 Å². The maximum Gasteiger partial charge on any atom is 0.190 e. The number of halogens is 2. The Morgan fingerprint density at radius 3 is 2.63 bits per heavy atom. The van der Waals surface area contributed by atoms with E-state index in [1.165, 1.54) is 5.56 Å². The molecule has 0 aliphatic carbocycles. The molecule has 0 radical (unpaired) electrons. The zero-order chi connectivity index (χ0) is 13.2. The van der Waals surface area contributed by atoms with Gasteiger partial charge >= 0.3 is 0 Å². The van der Waals surface area contributed by atoms with E-state index in [0.29, 0.717) is 0 Å². The summed E-state index contributed by atoms with van der Waals surface area (Å²) in [6, 6.07) is 8.46. The van der Waals surface area contributed by atoms with Gasteiger partial charge in [0.05, 0.1) is 0 Å². The topological polar surface area (TPSA) is 36.4 Å². The lowest BCUT2D eigenvalue weighted by Gasteiger charge is -2.10. The lowest BCUT2D eigenvalue weighted by molar-refractivity contribution is 0.734. The fourth-order valence-electron chi connectivity index (χ4n) is 1.66. The molecule has 0 spiro atoms. The maximum atomic E-state index is 4.17. The summed E-state index contributed by atoms with van der Waals surface area (Å²) in [5.41, 5.74) is 1.36. The summed E-state index contributed by atoms with van der Waals surface area (Å²) in [5, 5.41) is 6.57. The summed E-state index contributed by atoms with van der Waals surface area (Å²) < 4.78 is 1.15. The van der Waals surface area contributed by atoms with Gasteiger partial charge in [-0.15, -0.1) is 24.0 Å². The number of nitrogens with zero attached hydrogens (tertiary/aromatic N) is 1. The van der Waals surface area contributed by atoms with Crippen LogP contribution in [0.5, 0.6) is 0 Å². The molecule has 1 aromatic rings. The average molecular weight is 440 g/mol. The molecular formula is C14H23BrIN3. The minimum absolute atomic E-state index is 0. The molecule has 1 rings (SSSR count). The van der Waals surface area contributed by atoms with Crippen molar-refractivity contribution in [1.82, 2.24) is 10.6 Å².